The molecule has 21 heavy (non-hydrogen) atoms. The number of nitrogens with two attached hydrogens (primary N) is 1. The highest BCUT2D eigenvalue weighted by Crippen LogP contribution is 2.41. The van der Waals surface area contributed by atoms with Gasteiger partial charge in [0.2, 0.25) is 0 Å². The number of carbonyl (C=O) groups excluding carboxylic acids is 1. The molecule has 0 atom stereocenters. The SMILES string of the molecule is CC1(C)c2cc(F)ccc2C(=O)N1c1cncc(CN)c1. The largest absolute Gasteiger partial charge is 0.326 e. The normalized spacial score (nSPS) is 16.2. The van der Waals surface area contributed by atoms with Gasteiger partial charge in [-0.25, -0.2) is 4.39 Å². The molecule has 1 aliphatic heterocycles. The molecule has 1 amide bonds. The molecule has 1 aromatic carbocycles. The molecule has 0 fully saturated rings. The number of benzene rings is 1. The second kappa shape index (κ2) is 4.63. The molecule has 0 bridgehead atoms. The van der Waals surface area contributed by atoms with Gasteiger partial charge in [0, 0.05) is 18.3 Å². The summed E-state index contributed by atoms with van der Waals surface area (Å²) in [5, 5.41) is 0. The highest BCUT2D eigenvalue weighted by Gasteiger charge is 2.44. The van der Waals surface area contributed by atoms with E-state index in [0.29, 0.717) is 23.4 Å². The van der Waals surface area contributed by atoms with Crippen molar-refractivity contribution < 1.29 is 9.18 Å². The maximum absolute atomic E-state index is 13.5. The molecule has 5 heteroatoms. The summed E-state index contributed by atoms with van der Waals surface area (Å²) in [7, 11) is 0. The van der Waals surface area contributed by atoms with E-state index in [1.165, 1.54) is 18.2 Å². The fraction of sp³-hybridized carbons (Fsp3) is 0.250. The molecule has 3 rings (SSSR count). The molecular weight excluding hydrogens is 269 g/mol. The fourth-order valence-electron chi connectivity index (χ4n) is 2.85. The van der Waals surface area contributed by atoms with Crippen molar-refractivity contribution in [2.75, 3.05) is 4.90 Å². The number of nitrogens with zero attached hydrogens (tertiary/aromatic N) is 2. The second-order valence-electron chi connectivity index (χ2n) is 5.64. The first-order chi connectivity index (χ1) is 9.95. The van der Waals surface area contributed by atoms with E-state index in [1.807, 2.05) is 19.9 Å². The molecular formula is C16H16FN3O. The second-order valence-corrected chi connectivity index (χ2v) is 5.64. The van der Waals surface area contributed by atoms with Gasteiger partial charge in [-0.15, -0.1) is 0 Å². The summed E-state index contributed by atoms with van der Waals surface area (Å²) in [6.45, 7) is 4.14. The van der Waals surface area contributed by atoms with Gasteiger partial charge in [-0.3, -0.25) is 14.7 Å². The van der Waals surface area contributed by atoms with Crippen LogP contribution in [-0.2, 0) is 12.1 Å². The average molecular weight is 285 g/mol. The summed E-state index contributed by atoms with van der Waals surface area (Å²) >= 11 is 0. The van der Waals surface area contributed by atoms with Gasteiger partial charge in [-0.1, -0.05) is 0 Å². The standard InChI is InChI=1S/C16H16FN3O/c1-16(2)14-6-11(17)3-4-13(14)15(21)20(16)12-5-10(7-18)8-19-9-12/h3-6,8-9H,7,18H2,1-2H3. The lowest BCUT2D eigenvalue weighted by atomic mass is 9.93. The maximum atomic E-state index is 13.5. The van der Waals surface area contributed by atoms with Crippen LogP contribution in [0.15, 0.2) is 36.7 Å². The van der Waals surface area contributed by atoms with Crippen LogP contribution in [0.25, 0.3) is 0 Å². The Balaban J connectivity index is 2.15. The van der Waals surface area contributed by atoms with E-state index in [2.05, 4.69) is 4.98 Å². The van der Waals surface area contributed by atoms with Crippen molar-refractivity contribution in [2.24, 2.45) is 5.73 Å². The molecule has 0 radical (unpaired) electrons. The van der Waals surface area contributed by atoms with E-state index in [-0.39, 0.29) is 11.7 Å². The fourth-order valence-corrected chi connectivity index (χ4v) is 2.85. The summed E-state index contributed by atoms with van der Waals surface area (Å²) in [5.41, 5.74) is 7.72. The van der Waals surface area contributed by atoms with E-state index in [0.717, 1.165) is 5.56 Å². The summed E-state index contributed by atoms with van der Waals surface area (Å²) in [6, 6.07) is 6.11. The number of rotatable bonds is 2. The summed E-state index contributed by atoms with van der Waals surface area (Å²) in [4.78, 5) is 18.4. The summed E-state index contributed by atoms with van der Waals surface area (Å²) < 4.78 is 13.5. The average Bonchev–Trinajstić information content (AvgIpc) is 2.66. The number of pyridine rings is 1. The van der Waals surface area contributed by atoms with E-state index in [9.17, 15) is 9.18 Å². The third-order valence-corrected chi connectivity index (χ3v) is 3.91. The third kappa shape index (κ3) is 2.01. The Bertz CT molecular complexity index is 727. The number of halogens is 1. The topological polar surface area (TPSA) is 59.2 Å². The van der Waals surface area contributed by atoms with Gasteiger partial charge in [0.25, 0.3) is 5.91 Å². The molecule has 2 N–H and O–H groups in total. The lowest BCUT2D eigenvalue weighted by Gasteiger charge is -2.32. The van der Waals surface area contributed by atoms with Crippen LogP contribution < -0.4 is 10.6 Å². The van der Waals surface area contributed by atoms with Crippen LogP contribution in [0.4, 0.5) is 10.1 Å². The molecule has 0 saturated heterocycles. The predicted molar refractivity (Wildman–Crippen MR) is 78.4 cm³/mol. The zero-order chi connectivity index (χ0) is 15.2. The Hall–Kier alpha value is -2.27. The molecule has 1 aliphatic rings. The highest BCUT2D eigenvalue weighted by molar-refractivity contribution is 6.11. The first kappa shape index (κ1) is 13.7. The van der Waals surface area contributed by atoms with Crippen molar-refractivity contribution in [3.8, 4) is 0 Å². The lowest BCUT2D eigenvalue weighted by Crippen LogP contribution is -2.39. The molecule has 0 saturated carbocycles. The van der Waals surface area contributed by atoms with Gasteiger partial charge in [0.1, 0.15) is 5.82 Å². The van der Waals surface area contributed by atoms with Gasteiger partial charge in [-0.05, 0) is 49.2 Å². The van der Waals surface area contributed by atoms with Crippen molar-refractivity contribution in [3.05, 3.63) is 59.2 Å². The number of carbonyl (C=O) groups is 1. The van der Waals surface area contributed by atoms with Gasteiger partial charge in [0.15, 0.2) is 0 Å². The number of amides is 1. The van der Waals surface area contributed by atoms with Crippen LogP contribution in [0.2, 0.25) is 0 Å². The van der Waals surface area contributed by atoms with Crippen molar-refractivity contribution >= 4 is 11.6 Å². The van der Waals surface area contributed by atoms with Gasteiger partial charge >= 0.3 is 0 Å². The Morgan fingerprint density at radius 3 is 2.76 bits per heavy atom. The van der Waals surface area contributed by atoms with Crippen LogP contribution >= 0.6 is 0 Å². The quantitative estimate of drug-likeness (QED) is 0.922. The van der Waals surface area contributed by atoms with E-state index in [4.69, 9.17) is 5.73 Å². The zero-order valence-electron chi connectivity index (χ0n) is 11.9. The predicted octanol–water partition coefficient (Wildman–Crippen LogP) is 2.57. The summed E-state index contributed by atoms with van der Waals surface area (Å²) in [5.74, 6) is -0.490. The molecule has 1 aromatic heterocycles. The van der Waals surface area contributed by atoms with Crippen molar-refractivity contribution in [1.29, 1.82) is 0 Å². The third-order valence-electron chi connectivity index (χ3n) is 3.91. The van der Waals surface area contributed by atoms with Gasteiger partial charge in [0.05, 0.1) is 17.4 Å². The van der Waals surface area contributed by atoms with Crippen LogP contribution in [-0.4, -0.2) is 10.9 Å². The van der Waals surface area contributed by atoms with E-state index < -0.39 is 5.54 Å². The molecule has 2 aromatic rings. The van der Waals surface area contributed by atoms with Crippen molar-refractivity contribution in [1.82, 2.24) is 4.98 Å². The van der Waals surface area contributed by atoms with Gasteiger partial charge < -0.3 is 5.73 Å². The van der Waals surface area contributed by atoms with Crippen LogP contribution in [0.1, 0.15) is 35.3 Å². The van der Waals surface area contributed by atoms with Gasteiger partial charge in [-0.2, -0.15) is 0 Å². The number of anilines is 1. The van der Waals surface area contributed by atoms with Crippen LogP contribution in [0.3, 0.4) is 0 Å². The molecule has 0 spiro atoms. The Kier molecular flexibility index (Phi) is 3.02. The van der Waals surface area contributed by atoms with Crippen LogP contribution in [0.5, 0.6) is 0 Å². The molecule has 4 nitrogen and oxygen atoms in total. The van der Waals surface area contributed by atoms with E-state index >= 15 is 0 Å². The van der Waals surface area contributed by atoms with E-state index in [1.54, 1.807) is 17.3 Å². The minimum atomic E-state index is -0.635. The molecule has 0 unspecified atom stereocenters. The monoisotopic (exact) mass is 285 g/mol. The first-order valence-corrected chi connectivity index (χ1v) is 6.73. The summed E-state index contributed by atoms with van der Waals surface area (Å²) in [6.07, 6.45) is 3.30. The first-order valence-electron chi connectivity index (χ1n) is 6.73. The molecule has 2 heterocycles. The number of fused-ring (bicyclic) bond motifs is 1. The highest BCUT2D eigenvalue weighted by atomic mass is 19.1. The Labute approximate surface area is 122 Å². The zero-order valence-corrected chi connectivity index (χ0v) is 11.9. The number of hydrogen-bond acceptors (Lipinski definition) is 3. The minimum Gasteiger partial charge on any atom is -0.326 e. The molecule has 108 valence electrons. The smallest absolute Gasteiger partial charge is 0.259 e. The minimum absolute atomic E-state index is 0.147. The molecule has 0 aliphatic carbocycles. The van der Waals surface area contributed by atoms with Crippen molar-refractivity contribution in [2.45, 2.75) is 25.9 Å². The lowest BCUT2D eigenvalue weighted by molar-refractivity contribution is 0.0982. The Morgan fingerprint density at radius 2 is 2.05 bits per heavy atom. The Morgan fingerprint density at radius 1 is 1.29 bits per heavy atom. The number of hydrogen-bond donors (Lipinski definition) is 1. The van der Waals surface area contributed by atoms with Crippen LogP contribution in [0, 0.1) is 5.82 Å². The van der Waals surface area contributed by atoms with Crippen molar-refractivity contribution in [3.63, 3.8) is 0 Å². The number of aromatic nitrogens is 1. The maximum Gasteiger partial charge on any atom is 0.259 e.